The standard InChI is InChI=1S/C15H28N2O3/c1-11-8-17(9-12(2)20-11)15(3,4)10-16-14(18)13-6-5-7-19-13/h11-13H,5-10H2,1-4H3,(H,16,18)/t11-,12+,13-/m1/s1. The van der Waals surface area contributed by atoms with Gasteiger partial charge in [-0.1, -0.05) is 0 Å². The van der Waals surface area contributed by atoms with Crippen LogP contribution in [0.1, 0.15) is 40.5 Å². The smallest absolute Gasteiger partial charge is 0.249 e. The van der Waals surface area contributed by atoms with Crippen LogP contribution < -0.4 is 5.32 Å². The summed E-state index contributed by atoms with van der Waals surface area (Å²) >= 11 is 0. The van der Waals surface area contributed by atoms with Crippen molar-refractivity contribution >= 4 is 5.91 Å². The minimum absolute atomic E-state index is 0.0323. The molecule has 1 amide bonds. The topological polar surface area (TPSA) is 50.8 Å². The summed E-state index contributed by atoms with van der Waals surface area (Å²) < 4.78 is 11.2. The highest BCUT2D eigenvalue weighted by atomic mass is 16.5. The van der Waals surface area contributed by atoms with Crippen LogP contribution in [0.15, 0.2) is 0 Å². The van der Waals surface area contributed by atoms with Gasteiger partial charge < -0.3 is 14.8 Å². The van der Waals surface area contributed by atoms with Gasteiger partial charge in [0.25, 0.3) is 0 Å². The molecule has 0 aromatic heterocycles. The molecule has 2 aliphatic rings. The molecule has 0 radical (unpaired) electrons. The Morgan fingerprint density at radius 3 is 2.50 bits per heavy atom. The van der Waals surface area contributed by atoms with Crippen LogP contribution in [0.3, 0.4) is 0 Å². The minimum atomic E-state index is -0.242. The van der Waals surface area contributed by atoms with Gasteiger partial charge in [-0.2, -0.15) is 0 Å². The predicted molar refractivity (Wildman–Crippen MR) is 77.6 cm³/mol. The van der Waals surface area contributed by atoms with Crippen molar-refractivity contribution in [1.29, 1.82) is 0 Å². The lowest BCUT2D eigenvalue weighted by atomic mass is 10.00. The molecule has 2 aliphatic heterocycles. The van der Waals surface area contributed by atoms with Crippen LogP contribution in [-0.2, 0) is 14.3 Å². The van der Waals surface area contributed by atoms with Gasteiger partial charge in [-0.05, 0) is 40.5 Å². The molecule has 0 aromatic rings. The highest BCUT2D eigenvalue weighted by molar-refractivity contribution is 5.81. The van der Waals surface area contributed by atoms with E-state index in [9.17, 15) is 4.79 Å². The van der Waals surface area contributed by atoms with Crippen molar-refractivity contribution in [2.45, 2.75) is 64.4 Å². The lowest BCUT2D eigenvalue weighted by Crippen LogP contribution is -2.59. The molecular weight excluding hydrogens is 256 g/mol. The molecule has 116 valence electrons. The first kappa shape index (κ1) is 15.7. The molecule has 5 nitrogen and oxygen atoms in total. The Morgan fingerprint density at radius 2 is 1.95 bits per heavy atom. The molecule has 20 heavy (non-hydrogen) atoms. The Hall–Kier alpha value is -0.650. The van der Waals surface area contributed by atoms with E-state index in [-0.39, 0.29) is 29.8 Å². The monoisotopic (exact) mass is 284 g/mol. The van der Waals surface area contributed by atoms with Gasteiger partial charge in [0.05, 0.1) is 12.2 Å². The predicted octanol–water partition coefficient (Wildman–Crippen LogP) is 1.17. The molecule has 0 saturated carbocycles. The van der Waals surface area contributed by atoms with Gasteiger partial charge in [0.15, 0.2) is 0 Å². The fourth-order valence-electron chi connectivity index (χ4n) is 2.99. The van der Waals surface area contributed by atoms with Crippen LogP contribution in [0.4, 0.5) is 0 Å². The van der Waals surface area contributed by atoms with E-state index in [1.165, 1.54) is 0 Å². The first-order chi connectivity index (χ1) is 9.38. The van der Waals surface area contributed by atoms with Crippen molar-refractivity contribution in [2.24, 2.45) is 0 Å². The highest BCUT2D eigenvalue weighted by Crippen LogP contribution is 2.21. The molecule has 0 spiro atoms. The quantitative estimate of drug-likeness (QED) is 0.842. The SMILES string of the molecule is C[C@@H]1CN(C(C)(C)CNC(=O)[C@H]2CCCO2)C[C@H](C)O1. The molecule has 3 atom stereocenters. The molecule has 0 aliphatic carbocycles. The zero-order chi connectivity index (χ0) is 14.8. The Balaban J connectivity index is 1.84. The summed E-state index contributed by atoms with van der Waals surface area (Å²) in [6, 6.07) is 0. The van der Waals surface area contributed by atoms with E-state index in [0.29, 0.717) is 13.2 Å². The van der Waals surface area contributed by atoms with Crippen molar-refractivity contribution in [1.82, 2.24) is 10.2 Å². The maximum Gasteiger partial charge on any atom is 0.249 e. The summed E-state index contributed by atoms with van der Waals surface area (Å²) in [5.41, 5.74) is -0.0689. The average molecular weight is 284 g/mol. The molecule has 2 saturated heterocycles. The fourth-order valence-corrected chi connectivity index (χ4v) is 2.99. The summed E-state index contributed by atoms with van der Waals surface area (Å²) in [5.74, 6) is 0.0323. The number of ether oxygens (including phenoxy) is 2. The highest BCUT2D eigenvalue weighted by Gasteiger charge is 2.34. The minimum Gasteiger partial charge on any atom is -0.373 e. The van der Waals surface area contributed by atoms with E-state index in [4.69, 9.17) is 9.47 Å². The molecule has 5 heteroatoms. The maximum absolute atomic E-state index is 12.0. The van der Waals surface area contributed by atoms with Gasteiger partial charge in [0.1, 0.15) is 6.10 Å². The Bertz CT molecular complexity index is 330. The maximum atomic E-state index is 12.0. The van der Waals surface area contributed by atoms with Gasteiger partial charge in [-0.3, -0.25) is 9.69 Å². The Kier molecular flexibility index (Phi) is 5.04. The zero-order valence-corrected chi connectivity index (χ0v) is 13.1. The summed E-state index contributed by atoms with van der Waals surface area (Å²) in [6.45, 7) is 11.7. The van der Waals surface area contributed by atoms with Crippen molar-refractivity contribution in [3.05, 3.63) is 0 Å². The number of hydrogen-bond acceptors (Lipinski definition) is 4. The van der Waals surface area contributed by atoms with E-state index in [1.807, 2.05) is 0 Å². The Labute approximate surface area is 122 Å². The zero-order valence-electron chi connectivity index (χ0n) is 13.1. The van der Waals surface area contributed by atoms with Crippen LogP contribution in [-0.4, -0.2) is 60.9 Å². The first-order valence-corrected chi connectivity index (χ1v) is 7.68. The largest absolute Gasteiger partial charge is 0.373 e. The van der Waals surface area contributed by atoms with Gasteiger partial charge in [-0.25, -0.2) is 0 Å². The van der Waals surface area contributed by atoms with Crippen LogP contribution >= 0.6 is 0 Å². The van der Waals surface area contributed by atoms with E-state index in [0.717, 1.165) is 25.9 Å². The third-order valence-corrected chi connectivity index (χ3v) is 4.19. The number of carbonyl (C=O) groups is 1. The van der Waals surface area contributed by atoms with Gasteiger partial charge in [0.2, 0.25) is 5.91 Å². The van der Waals surface area contributed by atoms with E-state index >= 15 is 0 Å². The van der Waals surface area contributed by atoms with Crippen molar-refractivity contribution in [3.8, 4) is 0 Å². The first-order valence-electron chi connectivity index (χ1n) is 7.68. The number of nitrogens with one attached hydrogen (secondary N) is 1. The van der Waals surface area contributed by atoms with E-state index in [2.05, 4.69) is 37.9 Å². The van der Waals surface area contributed by atoms with Crippen molar-refractivity contribution in [2.75, 3.05) is 26.2 Å². The molecule has 2 rings (SSSR count). The van der Waals surface area contributed by atoms with Crippen LogP contribution in [0.5, 0.6) is 0 Å². The number of carbonyl (C=O) groups excluding carboxylic acids is 1. The summed E-state index contributed by atoms with van der Waals surface area (Å²) in [4.78, 5) is 14.4. The lowest BCUT2D eigenvalue weighted by molar-refractivity contribution is -0.131. The second kappa shape index (κ2) is 6.41. The number of rotatable bonds is 4. The molecule has 2 heterocycles. The molecule has 0 unspecified atom stereocenters. The molecule has 1 N–H and O–H groups in total. The summed E-state index contributed by atoms with van der Waals surface area (Å²) in [7, 11) is 0. The Morgan fingerprint density at radius 1 is 1.30 bits per heavy atom. The normalized spacial score (nSPS) is 32.3. The number of morpholine rings is 1. The van der Waals surface area contributed by atoms with Gasteiger partial charge >= 0.3 is 0 Å². The van der Waals surface area contributed by atoms with Crippen molar-refractivity contribution < 1.29 is 14.3 Å². The molecular formula is C15H28N2O3. The summed E-state index contributed by atoms with van der Waals surface area (Å²) in [6.07, 6.45) is 2.07. The van der Waals surface area contributed by atoms with Crippen LogP contribution in [0, 0.1) is 0 Å². The summed E-state index contributed by atoms with van der Waals surface area (Å²) in [5, 5.41) is 3.05. The second-order valence-corrected chi connectivity index (χ2v) is 6.69. The van der Waals surface area contributed by atoms with Crippen molar-refractivity contribution in [3.63, 3.8) is 0 Å². The molecule has 2 fully saturated rings. The van der Waals surface area contributed by atoms with Gasteiger partial charge in [-0.15, -0.1) is 0 Å². The fraction of sp³-hybridized carbons (Fsp3) is 0.933. The molecule has 0 aromatic carbocycles. The number of nitrogens with zero attached hydrogens (tertiary/aromatic N) is 1. The lowest BCUT2D eigenvalue weighted by Gasteiger charge is -2.45. The third kappa shape index (κ3) is 3.93. The number of hydrogen-bond donors (Lipinski definition) is 1. The second-order valence-electron chi connectivity index (χ2n) is 6.69. The van der Waals surface area contributed by atoms with E-state index in [1.54, 1.807) is 0 Å². The van der Waals surface area contributed by atoms with Crippen LogP contribution in [0.25, 0.3) is 0 Å². The van der Waals surface area contributed by atoms with Gasteiger partial charge in [0, 0.05) is 31.8 Å². The van der Waals surface area contributed by atoms with Crippen LogP contribution in [0.2, 0.25) is 0 Å². The third-order valence-electron chi connectivity index (χ3n) is 4.19. The van der Waals surface area contributed by atoms with E-state index < -0.39 is 0 Å². The average Bonchev–Trinajstić information content (AvgIpc) is 2.88. The number of amides is 1. The molecule has 0 bridgehead atoms.